The number of halogens is 4. The minimum absolute atomic E-state index is 0.145. The standard InChI is InChI=1S/C17H12ClF3N2O3S/c1-8-4-11(3-2-9(8)5-13-14(24)23-16(25)27-13)26-15-12(18)6-10(7-22-15)17(19,20)21/h2-4,6-7,13H,5H2,1H3,(H,23,24,25). The largest absolute Gasteiger partial charge is 0.438 e. The van der Waals surface area contributed by atoms with Gasteiger partial charge in [-0.05, 0) is 42.7 Å². The second-order valence-corrected chi connectivity index (χ2v) is 7.37. The summed E-state index contributed by atoms with van der Waals surface area (Å²) in [6.45, 7) is 1.79. The highest BCUT2D eigenvalue weighted by atomic mass is 35.5. The van der Waals surface area contributed by atoms with Crippen molar-refractivity contribution in [1.82, 2.24) is 10.3 Å². The van der Waals surface area contributed by atoms with E-state index in [-0.39, 0.29) is 22.0 Å². The highest BCUT2D eigenvalue weighted by Gasteiger charge is 2.32. The molecule has 1 atom stereocenters. The molecule has 1 aliphatic rings. The van der Waals surface area contributed by atoms with E-state index in [1.54, 1.807) is 25.1 Å². The fraction of sp³-hybridized carbons (Fsp3) is 0.235. The summed E-state index contributed by atoms with van der Waals surface area (Å²) in [6.07, 6.45) is -3.53. The molecule has 142 valence electrons. The van der Waals surface area contributed by atoms with Gasteiger partial charge in [0.1, 0.15) is 10.8 Å². The Morgan fingerprint density at radius 2 is 2.04 bits per heavy atom. The van der Waals surface area contributed by atoms with E-state index in [2.05, 4.69) is 10.3 Å². The first-order valence-electron chi connectivity index (χ1n) is 7.65. The van der Waals surface area contributed by atoms with Gasteiger partial charge in [0.05, 0.1) is 10.8 Å². The number of nitrogens with one attached hydrogen (secondary N) is 1. The SMILES string of the molecule is Cc1cc(Oc2ncc(C(F)(F)F)cc2Cl)ccc1CC1SC(=O)NC1=O. The number of aromatic nitrogens is 1. The molecule has 10 heteroatoms. The van der Waals surface area contributed by atoms with Gasteiger partial charge in [0, 0.05) is 6.20 Å². The fourth-order valence-corrected chi connectivity index (χ4v) is 3.51. The van der Waals surface area contributed by atoms with E-state index in [0.29, 0.717) is 18.4 Å². The molecular weight excluding hydrogens is 405 g/mol. The third-order valence-corrected chi connectivity index (χ3v) is 5.09. The maximum Gasteiger partial charge on any atom is 0.417 e. The lowest BCUT2D eigenvalue weighted by Gasteiger charge is -2.12. The molecule has 3 rings (SSSR count). The van der Waals surface area contributed by atoms with Crippen molar-refractivity contribution in [3.63, 3.8) is 0 Å². The molecule has 5 nitrogen and oxygen atoms in total. The summed E-state index contributed by atoms with van der Waals surface area (Å²) < 4.78 is 43.4. The smallest absolute Gasteiger partial charge is 0.417 e. The first-order valence-corrected chi connectivity index (χ1v) is 8.91. The lowest BCUT2D eigenvalue weighted by atomic mass is 10.0. The van der Waals surface area contributed by atoms with Crippen molar-refractivity contribution in [2.24, 2.45) is 0 Å². The van der Waals surface area contributed by atoms with Crippen LogP contribution in [0.3, 0.4) is 0 Å². The average Bonchev–Trinajstić information content (AvgIpc) is 2.88. The molecule has 0 bridgehead atoms. The molecule has 1 aromatic carbocycles. The van der Waals surface area contributed by atoms with Gasteiger partial charge in [-0.1, -0.05) is 29.4 Å². The third-order valence-electron chi connectivity index (χ3n) is 3.84. The van der Waals surface area contributed by atoms with E-state index in [9.17, 15) is 22.8 Å². The van der Waals surface area contributed by atoms with Crippen LogP contribution in [0.5, 0.6) is 11.6 Å². The van der Waals surface area contributed by atoms with Gasteiger partial charge in [-0.2, -0.15) is 13.2 Å². The molecule has 1 N–H and O–H groups in total. The first kappa shape index (κ1) is 19.5. The molecule has 2 heterocycles. The molecular formula is C17H12ClF3N2O3S. The lowest BCUT2D eigenvalue weighted by molar-refractivity contribution is -0.137. The van der Waals surface area contributed by atoms with Gasteiger partial charge in [0.2, 0.25) is 11.8 Å². The number of thioether (sulfide) groups is 1. The third kappa shape index (κ3) is 4.54. The van der Waals surface area contributed by atoms with Crippen molar-refractivity contribution in [2.75, 3.05) is 0 Å². The van der Waals surface area contributed by atoms with Crippen molar-refractivity contribution >= 4 is 34.5 Å². The van der Waals surface area contributed by atoms with E-state index in [0.717, 1.165) is 29.0 Å². The summed E-state index contributed by atoms with van der Waals surface area (Å²) in [6, 6.07) is 5.72. The summed E-state index contributed by atoms with van der Waals surface area (Å²) in [4.78, 5) is 26.5. The zero-order valence-electron chi connectivity index (χ0n) is 13.8. The maximum atomic E-state index is 12.7. The van der Waals surface area contributed by atoms with Crippen LogP contribution in [0.1, 0.15) is 16.7 Å². The molecule has 1 unspecified atom stereocenters. The Kier molecular flexibility index (Phi) is 5.34. The monoisotopic (exact) mass is 416 g/mol. The molecule has 2 aromatic rings. The van der Waals surface area contributed by atoms with Crippen LogP contribution in [0.15, 0.2) is 30.5 Å². The number of carbonyl (C=O) groups is 2. The highest BCUT2D eigenvalue weighted by Crippen LogP contribution is 2.35. The van der Waals surface area contributed by atoms with Gasteiger partial charge in [-0.3, -0.25) is 14.9 Å². The Bertz CT molecular complexity index is 921. The predicted molar refractivity (Wildman–Crippen MR) is 94.1 cm³/mol. The Morgan fingerprint density at radius 3 is 2.59 bits per heavy atom. The Balaban J connectivity index is 1.74. The average molecular weight is 417 g/mol. The van der Waals surface area contributed by atoms with E-state index in [1.165, 1.54) is 0 Å². The van der Waals surface area contributed by atoms with Crippen LogP contribution in [0.4, 0.5) is 18.0 Å². The number of aryl methyl sites for hydroxylation is 1. The molecule has 0 spiro atoms. The van der Waals surface area contributed by atoms with Gasteiger partial charge in [0.25, 0.3) is 5.24 Å². The quantitative estimate of drug-likeness (QED) is 0.779. The number of rotatable bonds is 4. The number of pyridine rings is 1. The van der Waals surface area contributed by atoms with E-state index >= 15 is 0 Å². The summed E-state index contributed by atoms with van der Waals surface area (Å²) in [7, 11) is 0. The zero-order chi connectivity index (χ0) is 19.8. The molecule has 1 aliphatic heterocycles. The number of hydrogen-bond donors (Lipinski definition) is 1. The topological polar surface area (TPSA) is 68.3 Å². The van der Waals surface area contributed by atoms with Gasteiger partial charge in [-0.25, -0.2) is 4.98 Å². The molecule has 0 aliphatic carbocycles. The number of imide groups is 1. The molecule has 1 fully saturated rings. The highest BCUT2D eigenvalue weighted by molar-refractivity contribution is 8.15. The first-order chi connectivity index (χ1) is 12.6. The predicted octanol–water partition coefficient (Wildman–Crippen LogP) is 4.75. The van der Waals surface area contributed by atoms with Crippen molar-refractivity contribution in [3.8, 4) is 11.6 Å². The van der Waals surface area contributed by atoms with E-state index in [1.807, 2.05) is 0 Å². The van der Waals surface area contributed by atoms with Crippen LogP contribution in [-0.2, 0) is 17.4 Å². The van der Waals surface area contributed by atoms with Crippen molar-refractivity contribution in [2.45, 2.75) is 24.8 Å². The van der Waals surface area contributed by atoms with Crippen LogP contribution < -0.4 is 10.1 Å². The summed E-state index contributed by atoms with van der Waals surface area (Å²) in [5.74, 6) is -0.136. The van der Waals surface area contributed by atoms with Gasteiger partial charge >= 0.3 is 6.18 Å². The Morgan fingerprint density at radius 1 is 1.30 bits per heavy atom. The van der Waals surface area contributed by atoms with Crippen molar-refractivity contribution in [3.05, 3.63) is 52.2 Å². The van der Waals surface area contributed by atoms with Gasteiger partial charge in [0.15, 0.2) is 0 Å². The number of alkyl halides is 3. The van der Waals surface area contributed by atoms with Crippen LogP contribution in [0, 0.1) is 6.92 Å². The molecule has 2 amide bonds. The van der Waals surface area contributed by atoms with Crippen LogP contribution in [0.2, 0.25) is 5.02 Å². The lowest BCUT2D eigenvalue weighted by Crippen LogP contribution is -2.25. The molecule has 1 aromatic heterocycles. The Labute approximate surface area is 161 Å². The van der Waals surface area contributed by atoms with Gasteiger partial charge in [-0.15, -0.1) is 0 Å². The normalized spacial score (nSPS) is 17.1. The van der Waals surface area contributed by atoms with Crippen molar-refractivity contribution < 1.29 is 27.5 Å². The molecule has 0 saturated carbocycles. The second kappa shape index (κ2) is 7.40. The van der Waals surface area contributed by atoms with Gasteiger partial charge < -0.3 is 4.74 Å². The number of benzene rings is 1. The Hall–Kier alpha value is -2.26. The number of amides is 2. The number of nitrogens with zero attached hydrogens (tertiary/aromatic N) is 1. The minimum atomic E-state index is -4.54. The number of carbonyl (C=O) groups excluding carboxylic acids is 2. The van der Waals surface area contributed by atoms with Crippen LogP contribution >= 0.6 is 23.4 Å². The summed E-state index contributed by atoms with van der Waals surface area (Å²) in [5.41, 5.74) is 0.674. The summed E-state index contributed by atoms with van der Waals surface area (Å²) in [5, 5.41) is 1.11. The van der Waals surface area contributed by atoms with E-state index in [4.69, 9.17) is 16.3 Å². The molecule has 27 heavy (non-hydrogen) atoms. The maximum absolute atomic E-state index is 12.7. The number of hydrogen-bond acceptors (Lipinski definition) is 5. The molecule has 0 radical (unpaired) electrons. The molecule has 1 saturated heterocycles. The summed E-state index contributed by atoms with van der Waals surface area (Å²) >= 11 is 6.77. The van der Waals surface area contributed by atoms with Crippen LogP contribution in [-0.4, -0.2) is 21.4 Å². The van der Waals surface area contributed by atoms with E-state index < -0.39 is 17.0 Å². The van der Waals surface area contributed by atoms with Crippen molar-refractivity contribution in [1.29, 1.82) is 0 Å². The minimum Gasteiger partial charge on any atom is -0.438 e. The van der Waals surface area contributed by atoms with Crippen LogP contribution in [0.25, 0.3) is 0 Å². The number of ether oxygens (including phenoxy) is 1. The zero-order valence-corrected chi connectivity index (χ0v) is 15.3. The fourth-order valence-electron chi connectivity index (χ4n) is 2.46. The second-order valence-electron chi connectivity index (χ2n) is 5.79.